The Morgan fingerprint density at radius 3 is 2.53 bits per heavy atom. The van der Waals surface area contributed by atoms with Crippen LogP contribution in [-0.2, 0) is 13.2 Å². The highest BCUT2D eigenvalue weighted by Crippen LogP contribution is 2.30. The van der Waals surface area contributed by atoms with E-state index in [1.807, 2.05) is 20.8 Å². The Bertz CT molecular complexity index is 1520. The monoisotopic (exact) mass is 467 g/mol. The van der Waals surface area contributed by atoms with Crippen molar-refractivity contribution < 1.29 is 14.2 Å². The van der Waals surface area contributed by atoms with Gasteiger partial charge in [0.2, 0.25) is 5.88 Å². The van der Waals surface area contributed by atoms with Crippen molar-refractivity contribution in [3.63, 3.8) is 0 Å². The summed E-state index contributed by atoms with van der Waals surface area (Å²) < 4.78 is 24.4. The van der Waals surface area contributed by atoms with E-state index >= 15 is 4.39 Å². The first-order valence-corrected chi connectivity index (χ1v) is 10.9. The van der Waals surface area contributed by atoms with Crippen LogP contribution in [0.25, 0.3) is 22.1 Å². The van der Waals surface area contributed by atoms with Crippen molar-refractivity contribution in [1.82, 2.24) is 23.9 Å². The topological polar surface area (TPSA) is 104 Å². The first-order chi connectivity index (χ1) is 16.2. The molecule has 0 aliphatic carbocycles. The van der Waals surface area contributed by atoms with Crippen molar-refractivity contribution in [3.8, 4) is 17.3 Å². The third kappa shape index (κ3) is 3.60. The lowest BCUT2D eigenvalue weighted by atomic mass is 9.97. The second-order valence-electron chi connectivity index (χ2n) is 8.26. The van der Waals surface area contributed by atoms with Gasteiger partial charge in [0, 0.05) is 18.9 Å². The van der Waals surface area contributed by atoms with Crippen LogP contribution in [0.15, 0.2) is 40.2 Å². The molecule has 4 aromatic rings. The lowest BCUT2D eigenvalue weighted by Gasteiger charge is -2.18. The summed E-state index contributed by atoms with van der Waals surface area (Å²) in [5, 5.41) is 14.3. The van der Waals surface area contributed by atoms with Crippen molar-refractivity contribution >= 4 is 10.8 Å². The minimum absolute atomic E-state index is 0.0337. The van der Waals surface area contributed by atoms with E-state index in [1.54, 1.807) is 25.4 Å². The number of methoxy groups -OCH3 is 1. The van der Waals surface area contributed by atoms with E-state index in [2.05, 4.69) is 10.1 Å². The predicted octanol–water partition coefficient (Wildman–Crippen LogP) is 2.82. The Labute approximate surface area is 194 Å². The minimum Gasteiger partial charge on any atom is -0.479 e. The largest absolute Gasteiger partial charge is 0.479 e. The highest BCUT2D eigenvalue weighted by Gasteiger charge is 2.22. The number of nitrogens with zero attached hydrogens (tertiary/aromatic N) is 5. The molecule has 0 radical (unpaired) electrons. The lowest BCUT2D eigenvalue weighted by Crippen LogP contribution is -2.25. The fraction of sp³-hybridized carbons (Fsp3) is 0.333. The molecule has 0 saturated heterocycles. The summed E-state index contributed by atoms with van der Waals surface area (Å²) in [7, 11) is 1.47. The molecule has 1 aromatic carbocycles. The smallest absolute Gasteiger partial charge is 0.350 e. The Kier molecular flexibility index (Phi) is 6.09. The number of aliphatic hydroxyl groups is 1. The van der Waals surface area contributed by atoms with Crippen LogP contribution in [0.4, 0.5) is 4.39 Å². The average molecular weight is 468 g/mol. The van der Waals surface area contributed by atoms with Gasteiger partial charge in [-0.15, -0.1) is 5.10 Å². The van der Waals surface area contributed by atoms with Crippen molar-refractivity contribution in [1.29, 1.82) is 0 Å². The fourth-order valence-corrected chi connectivity index (χ4v) is 4.16. The van der Waals surface area contributed by atoms with Gasteiger partial charge >= 0.3 is 5.69 Å². The molecular weight excluding hydrogens is 441 g/mol. The van der Waals surface area contributed by atoms with Gasteiger partial charge in [0.15, 0.2) is 5.82 Å². The number of pyridine rings is 2. The summed E-state index contributed by atoms with van der Waals surface area (Å²) in [6.45, 7) is 7.31. The molecule has 0 aliphatic heterocycles. The Hall–Kier alpha value is -3.79. The summed E-state index contributed by atoms with van der Waals surface area (Å²) in [6, 6.07) is 4.36. The van der Waals surface area contributed by atoms with Crippen molar-refractivity contribution in [2.45, 2.75) is 46.8 Å². The first kappa shape index (κ1) is 23.4. The molecule has 4 rings (SSSR count). The molecule has 9 nitrogen and oxygen atoms in total. The van der Waals surface area contributed by atoms with Crippen molar-refractivity contribution in [3.05, 3.63) is 74.2 Å². The standard InChI is InChI=1S/C24H26FN5O4/c1-6-28-20(12-31)27-30(24(28)33)19-10-15-16(9-18(19)25)23(32)29(11-17(15)13(2)3)21-14(4)7-8-26-22(21)34-5/h7-11,13,31H,6,12H2,1-5H3. The number of benzene rings is 1. The van der Waals surface area contributed by atoms with Crippen molar-refractivity contribution in [2.75, 3.05) is 7.11 Å². The molecule has 0 atom stereocenters. The normalized spacial score (nSPS) is 11.5. The molecule has 1 N–H and O–H groups in total. The Balaban J connectivity index is 2.07. The number of aromatic nitrogens is 5. The average Bonchev–Trinajstić information content (AvgIpc) is 3.14. The molecule has 0 saturated carbocycles. The van der Waals surface area contributed by atoms with E-state index in [-0.39, 0.29) is 35.2 Å². The van der Waals surface area contributed by atoms with E-state index in [0.717, 1.165) is 21.9 Å². The predicted molar refractivity (Wildman–Crippen MR) is 126 cm³/mol. The molecule has 0 bridgehead atoms. The van der Waals surface area contributed by atoms with Crippen LogP contribution in [-0.4, -0.2) is 36.1 Å². The number of aliphatic hydroxyl groups excluding tert-OH is 1. The molecule has 0 unspecified atom stereocenters. The molecule has 0 aliphatic rings. The third-order valence-corrected chi connectivity index (χ3v) is 5.89. The molecule has 178 valence electrons. The molecule has 10 heteroatoms. The summed E-state index contributed by atoms with van der Waals surface area (Å²) in [6.07, 6.45) is 3.29. The number of aryl methyl sites for hydroxylation is 1. The molecule has 3 aromatic heterocycles. The maximum absolute atomic E-state index is 15.3. The van der Waals surface area contributed by atoms with Gasteiger partial charge in [-0.25, -0.2) is 14.2 Å². The summed E-state index contributed by atoms with van der Waals surface area (Å²) in [4.78, 5) is 30.5. The van der Waals surface area contributed by atoms with Crippen molar-refractivity contribution in [2.24, 2.45) is 0 Å². The van der Waals surface area contributed by atoms with Gasteiger partial charge in [0.1, 0.15) is 23.8 Å². The Morgan fingerprint density at radius 2 is 1.94 bits per heavy atom. The maximum atomic E-state index is 15.3. The minimum atomic E-state index is -0.778. The molecule has 0 amide bonds. The van der Waals surface area contributed by atoms with E-state index < -0.39 is 23.7 Å². The molecule has 0 fully saturated rings. The number of halogens is 1. The number of hydrogen-bond donors (Lipinski definition) is 1. The number of hydrogen-bond acceptors (Lipinski definition) is 6. The van der Waals surface area contributed by atoms with Crippen LogP contribution in [0.1, 0.15) is 43.6 Å². The van der Waals surface area contributed by atoms with Crippen LogP contribution in [0, 0.1) is 12.7 Å². The lowest BCUT2D eigenvalue weighted by molar-refractivity contribution is 0.264. The van der Waals surface area contributed by atoms with Gasteiger partial charge in [-0.2, -0.15) is 4.68 Å². The zero-order valence-electron chi connectivity index (χ0n) is 19.7. The second-order valence-corrected chi connectivity index (χ2v) is 8.26. The first-order valence-electron chi connectivity index (χ1n) is 10.9. The van der Waals surface area contributed by atoms with E-state index in [0.29, 0.717) is 11.1 Å². The molecule has 3 heterocycles. The van der Waals surface area contributed by atoms with E-state index in [9.17, 15) is 14.7 Å². The van der Waals surface area contributed by atoms with Gasteiger partial charge in [-0.3, -0.25) is 13.9 Å². The van der Waals surface area contributed by atoms with Crippen LogP contribution < -0.4 is 16.0 Å². The van der Waals surface area contributed by atoms with Crippen LogP contribution in [0.3, 0.4) is 0 Å². The van der Waals surface area contributed by atoms with Crippen LogP contribution >= 0.6 is 0 Å². The Morgan fingerprint density at radius 1 is 1.21 bits per heavy atom. The quantitative estimate of drug-likeness (QED) is 0.468. The van der Waals surface area contributed by atoms with Gasteiger partial charge in [0.25, 0.3) is 5.56 Å². The van der Waals surface area contributed by atoms with Gasteiger partial charge in [-0.1, -0.05) is 13.8 Å². The maximum Gasteiger partial charge on any atom is 0.350 e. The third-order valence-electron chi connectivity index (χ3n) is 5.89. The van der Waals surface area contributed by atoms with Gasteiger partial charge in [0.05, 0.1) is 12.5 Å². The van der Waals surface area contributed by atoms with E-state index in [4.69, 9.17) is 4.74 Å². The molecular formula is C24H26FN5O4. The van der Waals surface area contributed by atoms with Crippen LogP contribution in [0.2, 0.25) is 0 Å². The van der Waals surface area contributed by atoms with E-state index in [1.165, 1.54) is 22.3 Å². The number of rotatable bonds is 6. The molecule has 0 spiro atoms. The molecule has 34 heavy (non-hydrogen) atoms. The number of ether oxygens (including phenoxy) is 1. The summed E-state index contributed by atoms with van der Waals surface area (Å²) >= 11 is 0. The number of fused-ring (bicyclic) bond motifs is 1. The highest BCUT2D eigenvalue weighted by atomic mass is 19.1. The van der Waals surface area contributed by atoms with Crippen LogP contribution in [0.5, 0.6) is 5.88 Å². The summed E-state index contributed by atoms with van der Waals surface area (Å²) in [5.41, 5.74) is 0.920. The summed E-state index contributed by atoms with van der Waals surface area (Å²) in [5.74, 6) is -0.403. The fourth-order valence-electron chi connectivity index (χ4n) is 4.16. The zero-order valence-corrected chi connectivity index (χ0v) is 19.7. The second kappa shape index (κ2) is 8.86. The highest BCUT2D eigenvalue weighted by molar-refractivity contribution is 5.87. The SMILES string of the molecule is CCn1c(CO)nn(-c2cc3c(C(C)C)cn(-c4c(C)ccnc4OC)c(=O)c3cc2F)c1=O. The van der Waals surface area contributed by atoms with Gasteiger partial charge in [-0.05, 0) is 54.5 Å². The zero-order chi connectivity index (χ0) is 24.7. The van der Waals surface area contributed by atoms with Gasteiger partial charge < -0.3 is 9.84 Å².